The van der Waals surface area contributed by atoms with Gasteiger partial charge in [0.05, 0.1) is 6.04 Å². The van der Waals surface area contributed by atoms with Crippen molar-refractivity contribution in [3.05, 3.63) is 30.2 Å². The summed E-state index contributed by atoms with van der Waals surface area (Å²) in [5.41, 5.74) is 0.791. The zero-order chi connectivity index (χ0) is 14.7. The van der Waals surface area contributed by atoms with E-state index in [1.807, 2.05) is 47.5 Å². The summed E-state index contributed by atoms with van der Waals surface area (Å²) in [7, 11) is 0. The predicted molar refractivity (Wildman–Crippen MR) is 83.3 cm³/mol. The molecule has 21 heavy (non-hydrogen) atoms. The maximum atomic E-state index is 12.1. The van der Waals surface area contributed by atoms with Gasteiger partial charge in [-0.2, -0.15) is 11.8 Å². The van der Waals surface area contributed by atoms with Crippen LogP contribution in [0.25, 0.3) is 5.65 Å². The van der Waals surface area contributed by atoms with Crippen LogP contribution in [0, 0.1) is 0 Å². The predicted octanol–water partition coefficient (Wildman–Crippen LogP) is 1.00. The first-order valence-electron chi connectivity index (χ1n) is 7.14. The lowest BCUT2D eigenvalue weighted by Crippen LogP contribution is -2.41. The Hall–Kier alpha value is -1.60. The van der Waals surface area contributed by atoms with Crippen LogP contribution in [0.5, 0.6) is 0 Å². The summed E-state index contributed by atoms with van der Waals surface area (Å²) in [6.45, 7) is 2.91. The molecule has 2 aromatic heterocycles. The van der Waals surface area contributed by atoms with Crippen molar-refractivity contribution in [3.8, 4) is 0 Å². The lowest BCUT2D eigenvalue weighted by molar-refractivity contribution is -0.122. The van der Waals surface area contributed by atoms with Gasteiger partial charge < -0.3 is 10.6 Å². The van der Waals surface area contributed by atoms with E-state index in [4.69, 9.17) is 0 Å². The number of carbonyl (C=O) groups excluding carboxylic acids is 1. The minimum atomic E-state index is -0.161. The van der Waals surface area contributed by atoms with E-state index in [1.165, 1.54) is 0 Å². The van der Waals surface area contributed by atoms with Gasteiger partial charge in [0.2, 0.25) is 5.91 Å². The molecule has 0 aromatic carbocycles. The molecule has 0 bridgehead atoms. The molecule has 2 atom stereocenters. The molecule has 1 aliphatic heterocycles. The molecular formula is C14H19N5OS. The van der Waals surface area contributed by atoms with Gasteiger partial charge in [-0.05, 0) is 19.1 Å². The molecule has 0 spiro atoms. The lowest BCUT2D eigenvalue weighted by Gasteiger charge is -2.23. The number of carbonyl (C=O) groups is 1. The van der Waals surface area contributed by atoms with E-state index < -0.39 is 0 Å². The third kappa shape index (κ3) is 3.36. The summed E-state index contributed by atoms with van der Waals surface area (Å²) >= 11 is 1.89. The van der Waals surface area contributed by atoms with Gasteiger partial charge in [0.25, 0.3) is 0 Å². The van der Waals surface area contributed by atoms with Crippen molar-refractivity contribution in [1.29, 1.82) is 0 Å². The summed E-state index contributed by atoms with van der Waals surface area (Å²) in [6.07, 6.45) is 2.42. The van der Waals surface area contributed by atoms with E-state index in [-0.39, 0.29) is 18.0 Å². The second-order valence-electron chi connectivity index (χ2n) is 5.21. The first-order chi connectivity index (χ1) is 10.2. The summed E-state index contributed by atoms with van der Waals surface area (Å²) in [5, 5.41) is 14.7. The third-order valence-corrected chi connectivity index (χ3v) is 4.67. The molecule has 0 aliphatic carbocycles. The molecule has 3 rings (SSSR count). The zero-order valence-electron chi connectivity index (χ0n) is 12.0. The highest BCUT2D eigenvalue weighted by atomic mass is 32.2. The molecule has 2 aromatic rings. The number of nitrogens with zero attached hydrogens (tertiary/aromatic N) is 3. The topological polar surface area (TPSA) is 71.3 Å². The average molecular weight is 305 g/mol. The lowest BCUT2D eigenvalue weighted by atomic mass is 10.2. The Bertz CT molecular complexity index is 623. The van der Waals surface area contributed by atoms with Crippen LogP contribution in [0.15, 0.2) is 24.4 Å². The van der Waals surface area contributed by atoms with Gasteiger partial charge in [0.1, 0.15) is 0 Å². The quantitative estimate of drug-likeness (QED) is 0.882. The van der Waals surface area contributed by atoms with Gasteiger partial charge in [-0.1, -0.05) is 6.07 Å². The smallest absolute Gasteiger partial charge is 0.222 e. The molecule has 2 N–H and O–H groups in total. The van der Waals surface area contributed by atoms with Crippen molar-refractivity contribution >= 4 is 23.3 Å². The van der Waals surface area contributed by atoms with Gasteiger partial charge in [0, 0.05) is 36.7 Å². The fourth-order valence-electron chi connectivity index (χ4n) is 2.49. The van der Waals surface area contributed by atoms with E-state index in [1.54, 1.807) is 0 Å². The number of pyridine rings is 1. The summed E-state index contributed by atoms with van der Waals surface area (Å²) in [4.78, 5) is 12.1. The number of amides is 1. The highest BCUT2D eigenvalue weighted by molar-refractivity contribution is 7.99. The monoisotopic (exact) mass is 305 g/mol. The maximum absolute atomic E-state index is 12.1. The van der Waals surface area contributed by atoms with Crippen LogP contribution in [0.2, 0.25) is 0 Å². The number of hydrogen-bond acceptors (Lipinski definition) is 5. The number of hydrogen-bond donors (Lipinski definition) is 2. The van der Waals surface area contributed by atoms with E-state index in [0.29, 0.717) is 6.42 Å². The average Bonchev–Trinajstić information content (AvgIpc) is 2.92. The van der Waals surface area contributed by atoms with Crippen molar-refractivity contribution in [1.82, 2.24) is 25.2 Å². The molecule has 0 radical (unpaired) electrons. The van der Waals surface area contributed by atoms with E-state index in [0.717, 1.165) is 29.5 Å². The van der Waals surface area contributed by atoms with Crippen LogP contribution in [-0.2, 0) is 4.79 Å². The minimum absolute atomic E-state index is 0.0511. The molecule has 6 nitrogen and oxygen atoms in total. The second kappa shape index (κ2) is 6.44. The Morgan fingerprint density at radius 2 is 2.48 bits per heavy atom. The second-order valence-corrected chi connectivity index (χ2v) is 6.36. The molecule has 7 heteroatoms. The number of fused-ring (bicyclic) bond motifs is 1. The summed E-state index contributed by atoms with van der Waals surface area (Å²) in [5.74, 6) is 2.93. The number of nitrogens with one attached hydrogen (secondary N) is 2. The Kier molecular flexibility index (Phi) is 4.40. The Morgan fingerprint density at radius 1 is 1.57 bits per heavy atom. The number of aromatic nitrogens is 3. The van der Waals surface area contributed by atoms with Crippen molar-refractivity contribution < 1.29 is 4.79 Å². The van der Waals surface area contributed by atoms with Gasteiger partial charge in [-0.3, -0.25) is 9.20 Å². The van der Waals surface area contributed by atoms with Gasteiger partial charge in [-0.15, -0.1) is 10.2 Å². The van der Waals surface area contributed by atoms with Crippen molar-refractivity contribution in [2.75, 3.05) is 18.1 Å². The molecule has 0 saturated carbocycles. The third-order valence-electron chi connectivity index (χ3n) is 3.54. The van der Waals surface area contributed by atoms with Crippen LogP contribution < -0.4 is 10.6 Å². The SMILES string of the molecule is CC(NC(=O)CC1CSCCN1)c1nnc2ccccn12. The van der Waals surface area contributed by atoms with E-state index in [2.05, 4.69) is 20.8 Å². The van der Waals surface area contributed by atoms with Crippen molar-refractivity contribution in [2.24, 2.45) is 0 Å². The summed E-state index contributed by atoms with van der Waals surface area (Å²) in [6, 6.07) is 5.85. The normalized spacial score (nSPS) is 20.3. The van der Waals surface area contributed by atoms with Gasteiger partial charge in [0.15, 0.2) is 11.5 Å². The highest BCUT2D eigenvalue weighted by Crippen LogP contribution is 2.13. The standard InChI is InChI=1S/C14H19N5OS/c1-10(14-18-17-12-4-2-3-6-19(12)14)16-13(20)8-11-9-21-7-5-15-11/h2-4,6,10-11,15H,5,7-9H2,1H3,(H,16,20). The fraction of sp³-hybridized carbons (Fsp3) is 0.500. The summed E-state index contributed by atoms with van der Waals surface area (Å²) < 4.78 is 1.90. The maximum Gasteiger partial charge on any atom is 0.222 e. The molecule has 1 amide bonds. The van der Waals surface area contributed by atoms with Crippen LogP contribution in [0.4, 0.5) is 0 Å². The minimum Gasteiger partial charge on any atom is -0.346 e. The van der Waals surface area contributed by atoms with Gasteiger partial charge in [-0.25, -0.2) is 0 Å². The number of thioether (sulfide) groups is 1. The molecular weight excluding hydrogens is 286 g/mol. The van der Waals surface area contributed by atoms with Crippen LogP contribution >= 0.6 is 11.8 Å². The van der Waals surface area contributed by atoms with Crippen LogP contribution in [-0.4, -0.2) is 44.6 Å². The number of rotatable bonds is 4. The largest absolute Gasteiger partial charge is 0.346 e. The zero-order valence-corrected chi connectivity index (χ0v) is 12.8. The van der Waals surface area contributed by atoms with Crippen molar-refractivity contribution in [3.63, 3.8) is 0 Å². The molecule has 1 saturated heterocycles. The molecule has 3 heterocycles. The molecule has 2 unspecified atom stereocenters. The first-order valence-corrected chi connectivity index (χ1v) is 8.29. The van der Waals surface area contributed by atoms with Crippen LogP contribution in [0.1, 0.15) is 25.2 Å². The Balaban J connectivity index is 1.62. The van der Waals surface area contributed by atoms with E-state index in [9.17, 15) is 4.79 Å². The van der Waals surface area contributed by atoms with Crippen LogP contribution in [0.3, 0.4) is 0 Å². The van der Waals surface area contributed by atoms with E-state index >= 15 is 0 Å². The van der Waals surface area contributed by atoms with Crippen molar-refractivity contribution in [2.45, 2.75) is 25.4 Å². The first kappa shape index (κ1) is 14.3. The molecule has 1 fully saturated rings. The Labute approximate surface area is 127 Å². The highest BCUT2D eigenvalue weighted by Gasteiger charge is 2.20. The fourth-order valence-corrected chi connectivity index (χ4v) is 3.44. The van der Waals surface area contributed by atoms with Gasteiger partial charge >= 0.3 is 0 Å². The molecule has 112 valence electrons. The molecule has 1 aliphatic rings. The Morgan fingerprint density at radius 3 is 3.29 bits per heavy atom.